The van der Waals surface area contributed by atoms with Crippen LogP contribution in [0.5, 0.6) is 17.2 Å². The highest BCUT2D eigenvalue weighted by Gasteiger charge is 2.45. The quantitative estimate of drug-likeness (QED) is 0.441. The van der Waals surface area contributed by atoms with Crippen LogP contribution in [-0.4, -0.2) is 32.2 Å². The van der Waals surface area contributed by atoms with E-state index < -0.39 is 11.9 Å². The van der Waals surface area contributed by atoms with Crippen LogP contribution in [0.3, 0.4) is 0 Å². The topological polar surface area (TPSA) is 91.1 Å². The highest BCUT2D eigenvalue weighted by atomic mass is 16.5. The molecule has 5 rings (SSSR count). The molecule has 0 saturated carbocycles. The van der Waals surface area contributed by atoms with Gasteiger partial charge in [-0.25, -0.2) is 4.98 Å². The van der Waals surface area contributed by atoms with Crippen molar-refractivity contribution in [3.63, 3.8) is 0 Å². The van der Waals surface area contributed by atoms with E-state index in [1.165, 1.54) is 26.2 Å². The number of amides is 1. The average Bonchev–Trinajstić information content (AvgIpc) is 3.15. The Hall–Kier alpha value is -4.33. The van der Waals surface area contributed by atoms with E-state index in [1.807, 2.05) is 13.0 Å². The second-order valence-electron chi connectivity index (χ2n) is 7.90. The highest BCUT2D eigenvalue weighted by Crippen LogP contribution is 2.46. The molecule has 1 unspecified atom stereocenters. The van der Waals surface area contributed by atoms with E-state index in [2.05, 4.69) is 4.98 Å². The van der Waals surface area contributed by atoms with Gasteiger partial charge >= 0.3 is 0 Å². The molecular weight excluding hydrogens is 436 g/mol. The maximum absolute atomic E-state index is 13.7. The third-order valence-electron chi connectivity index (χ3n) is 5.93. The van der Waals surface area contributed by atoms with Gasteiger partial charge in [0.1, 0.15) is 11.4 Å². The number of aryl methyl sites for hydroxylation is 1. The molecule has 0 bridgehead atoms. The van der Waals surface area contributed by atoms with Crippen LogP contribution in [0, 0.1) is 6.92 Å². The number of methoxy groups -OCH3 is 3. The van der Waals surface area contributed by atoms with Gasteiger partial charge in [-0.05, 0) is 54.4 Å². The second kappa shape index (κ2) is 8.22. The van der Waals surface area contributed by atoms with Gasteiger partial charge < -0.3 is 18.6 Å². The number of pyridine rings is 1. The lowest BCUT2D eigenvalue weighted by molar-refractivity contribution is 0.0970. The number of benzene rings is 2. The summed E-state index contributed by atoms with van der Waals surface area (Å²) in [5.74, 6) is 1.16. The number of nitrogens with zero attached hydrogens (tertiary/aromatic N) is 2. The van der Waals surface area contributed by atoms with Gasteiger partial charge in [0.05, 0.1) is 38.3 Å². The number of carbonyl (C=O) groups excluding carboxylic acids is 1. The van der Waals surface area contributed by atoms with Gasteiger partial charge in [-0.2, -0.15) is 0 Å². The Morgan fingerprint density at radius 1 is 0.941 bits per heavy atom. The Morgan fingerprint density at radius 2 is 1.65 bits per heavy atom. The fourth-order valence-electron chi connectivity index (χ4n) is 4.38. The average molecular weight is 458 g/mol. The first-order chi connectivity index (χ1) is 16.5. The summed E-state index contributed by atoms with van der Waals surface area (Å²) in [6, 6.07) is 13.1. The number of aromatic nitrogens is 1. The molecule has 1 aliphatic heterocycles. The summed E-state index contributed by atoms with van der Waals surface area (Å²) in [4.78, 5) is 33.3. The van der Waals surface area contributed by atoms with Crippen LogP contribution < -0.4 is 24.5 Å². The number of fused-ring (bicyclic) bond motifs is 2. The van der Waals surface area contributed by atoms with Crippen LogP contribution in [-0.2, 0) is 0 Å². The molecule has 8 heteroatoms. The Balaban J connectivity index is 1.84. The minimum Gasteiger partial charge on any atom is -0.493 e. The van der Waals surface area contributed by atoms with Crippen LogP contribution in [0.15, 0.2) is 63.9 Å². The largest absolute Gasteiger partial charge is 0.493 e. The Bertz CT molecular complexity index is 1470. The maximum Gasteiger partial charge on any atom is 0.296 e. The Morgan fingerprint density at radius 3 is 2.29 bits per heavy atom. The van der Waals surface area contributed by atoms with E-state index in [-0.39, 0.29) is 16.8 Å². The summed E-state index contributed by atoms with van der Waals surface area (Å²) in [5.41, 5.74) is 1.82. The maximum atomic E-state index is 13.7. The molecule has 1 aliphatic rings. The second-order valence-corrected chi connectivity index (χ2v) is 7.90. The molecule has 0 fully saturated rings. The first-order valence-corrected chi connectivity index (χ1v) is 10.6. The minimum absolute atomic E-state index is 0.00856. The molecule has 0 spiro atoms. The molecular formula is C26H22N2O6. The number of hydrogen-bond donors (Lipinski definition) is 0. The zero-order valence-electron chi connectivity index (χ0n) is 19.1. The van der Waals surface area contributed by atoms with Crippen molar-refractivity contribution >= 4 is 22.7 Å². The van der Waals surface area contributed by atoms with Gasteiger partial charge in [0, 0.05) is 6.20 Å². The molecule has 172 valence electrons. The number of ether oxygens (including phenoxy) is 3. The third-order valence-corrected chi connectivity index (χ3v) is 5.93. The molecule has 0 saturated heterocycles. The molecule has 3 heterocycles. The van der Waals surface area contributed by atoms with Gasteiger partial charge in [0.25, 0.3) is 5.91 Å². The summed E-state index contributed by atoms with van der Waals surface area (Å²) in [6.07, 6.45) is 1.62. The van der Waals surface area contributed by atoms with Crippen LogP contribution >= 0.6 is 0 Å². The Labute approximate surface area is 195 Å². The van der Waals surface area contributed by atoms with Crippen molar-refractivity contribution in [2.24, 2.45) is 0 Å². The van der Waals surface area contributed by atoms with Crippen molar-refractivity contribution < 1.29 is 23.4 Å². The molecule has 0 aliphatic carbocycles. The van der Waals surface area contributed by atoms with Crippen molar-refractivity contribution in [1.29, 1.82) is 0 Å². The zero-order valence-corrected chi connectivity index (χ0v) is 19.1. The van der Waals surface area contributed by atoms with E-state index in [0.717, 1.165) is 5.56 Å². The summed E-state index contributed by atoms with van der Waals surface area (Å²) in [7, 11) is 4.53. The van der Waals surface area contributed by atoms with E-state index in [4.69, 9.17) is 18.6 Å². The van der Waals surface area contributed by atoms with E-state index in [1.54, 1.807) is 48.7 Å². The van der Waals surface area contributed by atoms with E-state index in [0.29, 0.717) is 39.6 Å². The standard InChI is InChI=1S/C26H22N2O6/c1-14-9-10-27-20(11-14)28-22(15-12-18(31-2)24(33-4)19(13-15)32-3)21-23(29)16-7-5-6-8-17(16)34-25(21)26(28)30/h5-13,22H,1-4H3. The number of hydrogen-bond acceptors (Lipinski definition) is 7. The van der Waals surface area contributed by atoms with Gasteiger partial charge in [-0.3, -0.25) is 14.5 Å². The number of para-hydroxylation sites is 1. The summed E-state index contributed by atoms with van der Waals surface area (Å²) in [5, 5.41) is 0.394. The molecule has 0 radical (unpaired) electrons. The lowest BCUT2D eigenvalue weighted by Gasteiger charge is -2.25. The third kappa shape index (κ3) is 3.18. The van der Waals surface area contributed by atoms with Gasteiger partial charge in [-0.1, -0.05) is 12.1 Å². The molecule has 2 aromatic carbocycles. The number of carbonyl (C=O) groups is 1. The molecule has 4 aromatic rings. The van der Waals surface area contributed by atoms with E-state index in [9.17, 15) is 9.59 Å². The van der Waals surface area contributed by atoms with Crippen LogP contribution in [0.4, 0.5) is 5.82 Å². The van der Waals surface area contributed by atoms with Crippen LogP contribution in [0.1, 0.15) is 33.3 Å². The van der Waals surface area contributed by atoms with Crippen LogP contribution in [0.25, 0.3) is 11.0 Å². The molecule has 1 amide bonds. The van der Waals surface area contributed by atoms with Gasteiger partial charge in [0.15, 0.2) is 16.9 Å². The first-order valence-electron chi connectivity index (χ1n) is 10.6. The normalized spacial score (nSPS) is 14.9. The van der Waals surface area contributed by atoms with Crippen molar-refractivity contribution in [3.05, 3.63) is 87.4 Å². The first kappa shape index (κ1) is 21.5. The predicted octanol–water partition coefficient (Wildman–Crippen LogP) is 4.27. The fourth-order valence-corrected chi connectivity index (χ4v) is 4.38. The van der Waals surface area contributed by atoms with Gasteiger partial charge in [-0.15, -0.1) is 0 Å². The molecule has 0 N–H and O–H groups in total. The van der Waals surface area contributed by atoms with Gasteiger partial charge in [0.2, 0.25) is 11.5 Å². The van der Waals surface area contributed by atoms with Crippen LogP contribution in [0.2, 0.25) is 0 Å². The van der Waals surface area contributed by atoms with Crippen molar-refractivity contribution in [2.45, 2.75) is 13.0 Å². The molecule has 2 aromatic heterocycles. The monoisotopic (exact) mass is 458 g/mol. The lowest BCUT2D eigenvalue weighted by Crippen LogP contribution is -2.30. The molecule has 8 nitrogen and oxygen atoms in total. The predicted molar refractivity (Wildman–Crippen MR) is 126 cm³/mol. The Kier molecular flexibility index (Phi) is 5.20. The SMILES string of the molecule is COc1cc(C2c3c(oc4ccccc4c3=O)C(=O)N2c2cc(C)ccn2)cc(OC)c1OC. The van der Waals surface area contributed by atoms with Crippen molar-refractivity contribution in [3.8, 4) is 17.2 Å². The van der Waals surface area contributed by atoms with Crippen molar-refractivity contribution in [2.75, 3.05) is 26.2 Å². The lowest BCUT2D eigenvalue weighted by atomic mass is 9.97. The van der Waals surface area contributed by atoms with Crippen molar-refractivity contribution in [1.82, 2.24) is 4.98 Å². The minimum atomic E-state index is -0.814. The molecule has 34 heavy (non-hydrogen) atoms. The highest BCUT2D eigenvalue weighted by molar-refractivity contribution is 6.10. The number of rotatable bonds is 5. The summed E-state index contributed by atoms with van der Waals surface area (Å²) in [6.45, 7) is 1.91. The number of anilines is 1. The smallest absolute Gasteiger partial charge is 0.296 e. The summed E-state index contributed by atoms with van der Waals surface area (Å²) >= 11 is 0. The summed E-state index contributed by atoms with van der Waals surface area (Å²) < 4.78 is 22.5. The van der Waals surface area contributed by atoms with E-state index >= 15 is 0 Å². The fraction of sp³-hybridized carbons (Fsp3) is 0.192. The zero-order chi connectivity index (χ0) is 24.0. The molecule has 1 atom stereocenters.